The number of benzene rings is 2. The van der Waals surface area contributed by atoms with Crippen LogP contribution in [0.4, 0.5) is 0 Å². The van der Waals surface area contributed by atoms with Crippen LogP contribution in [-0.2, 0) is 6.42 Å². The van der Waals surface area contributed by atoms with Gasteiger partial charge in [0.1, 0.15) is 0 Å². The molecule has 0 spiro atoms. The van der Waals surface area contributed by atoms with Crippen LogP contribution in [0.5, 0.6) is 0 Å². The summed E-state index contributed by atoms with van der Waals surface area (Å²) in [6.07, 6.45) is 4.35. The molecule has 0 radical (unpaired) electrons. The van der Waals surface area contributed by atoms with Gasteiger partial charge in [-0.15, -0.1) is 0 Å². The molecule has 2 atom stereocenters. The van der Waals surface area contributed by atoms with Crippen LogP contribution in [0.3, 0.4) is 0 Å². The number of carbonyl (C=O) groups is 1. The van der Waals surface area contributed by atoms with Crippen molar-refractivity contribution in [3.63, 3.8) is 0 Å². The van der Waals surface area contributed by atoms with Crippen molar-refractivity contribution in [2.75, 3.05) is 13.1 Å². The lowest BCUT2D eigenvalue weighted by Gasteiger charge is -2.31. The van der Waals surface area contributed by atoms with Gasteiger partial charge in [0.05, 0.1) is 0 Å². The van der Waals surface area contributed by atoms with Crippen LogP contribution in [0, 0.1) is 5.92 Å². The molecular weight excluding hydrogens is 296 g/mol. The molecule has 1 fully saturated rings. The van der Waals surface area contributed by atoms with E-state index in [1.54, 1.807) is 0 Å². The molecule has 2 N–H and O–H groups in total. The van der Waals surface area contributed by atoms with Crippen LogP contribution in [0.2, 0.25) is 0 Å². The Balaban J connectivity index is 1.66. The number of rotatable bonds is 6. The number of nitrogens with one attached hydrogen (secondary N) is 2. The third-order valence-electron chi connectivity index (χ3n) is 4.84. The predicted molar refractivity (Wildman–Crippen MR) is 98.1 cm³/mol. The van der Waals surface area contributed by atoms with Gasteiger partial charge >= 0.3 is 0 Å². The molecular formula is C21H26N2O. The number of hydrogen-bond donors (Lipinski definition) is 2. The lowest BCUT2D eigenvalue weighted by molar-refractivity contribution is 0.0912. The summed E-state index contributed by atoms with van der Waals surface area (Å²) in [6.45, 7) is 2.09. The molecule has 2 aromatic rings. The molecule has 24 heavy (non-hydrogen) atoms. The van der Waals surface area contributed by atoms with Gasteiger partial charge in [-0.1, -0.05) is 48.5 Å². The summed E-state index contributed by atoms with van der Waals surface area (Å²) >= 11 is 0. The highest BCUT2D eigenvalue weighted by molar-refractivity contribution is 5.94. The molecule has 3 heteroatoms. The summed E-state index contributed by atoms with van der Waals surface area (Å²) in [7, 11) is 0. The molecule has 3 rings (SSSR count). The van der Waals surface area contributed by atoms with E-state index in [9.17, 15) is 4.79 Å². The van der Waals surface area contributed by atoms with Crippen molar-refractivity contribution in [1.82, 2.24) is 10.6 Å². The van der Waals surface area contributed by atoms with Crippen LogP contribution in [0.1, 0.15) is 35.2 Å². The van der Waals surface area contributed by atoms with Gasteiger partial charge in [0, 0.05) is 11.6 Å². The maximum absolute atomic E-state index is 12.6. The number of carbonyl (C=O) groups excluding carboxylic acids is 1. The Bertz CT molecular complexity index is 621. The molecule has 1 amide bonds. The first-order valence-corrected chi connectivity index (χ1v) is 8.93. The minimum absolute atomic E-state index is 0.0410. The second-order valence-electron chi connectivity index (χ2n) is 6.58. The van der Waals surface area contributed by atoms with Crippen molar-refractivity contribution in [2.24, 2.45) is 5.92 Å². The van der Waals surface area contributed by atoms with Crippen LogP contribution in [0.25, 0.3) is 0 Å². The minimum Gasteiger partial charge on any atom is -0.349 e. The highest BCUT2D eigenvalue weighted by Crippen LogP contribution is 2.19. The second-order valence-corrected chi connectivity index (χ2v) is 6.58. The first kappa shape index (κ1) is 16.7. The maximum Gasteiger partial charge on any atom is 0.251 e. The van der Waals surface area contributed by atoms with E-state index in [0.29, 0.717) is 5.92 Å². The van der Waals surface area contributed by atoms with E-state index in [2.05, 4.69) is 34.9 Å². The summed E-state index contributed by atoms with van der Waals surface area (Å²) in [4.78, 5) is 12.6. The zero-order chi connectivity index (χ0) is 16.6. The second kappa shape index (κ2) is 8.65. The van der Waals surface area contributed by atoms with E-state index in [4.69, 9.17) is 0 Å². The lowest BCUT2D eigenvalue weighted by atomic mass is 9.87. The van der Waals surface area contributed by atoms with Crippen molar-refractivity contribution < 1.29 is 4.79 Å². The van der Waals surface area contributed by atoms with E-state index >= 15 is 0 Å². The fourth-order valence-electron chi connectivity index (χ4n) is 3.46. The molecule has 1 heterocycles. The topological polar surface area (TPSA) is 41.1 Å². The van der Waals surface area contributed by atoms with Gasteiger partial charge in [-0.05, 0) is 62.4 Å². The van der Waals surface area contributed by atoms with Gasteiger partial charge in [0.2, 0.25) is 0 Å². The average Bonchev–Trinajstić information content (AvgIpc) is 2.67. The Morgan fingerprint density at radius 2 is 1.79 bits per heavy atom. The zero-order valence-electron chi connectivity index (χ0n) is 14.1. The van der Waals surface area contributed by atoms with Gasteiger partial charge in [-0.3, -0.25) is 4.79 Å². The number of aryl methyl sites for hydroxylation is 1. The number of amides is 1. The minimum atomic E-state index is 0.0410. The lowest BCUT2D eigenvalue weighted by Crippen LogP contribution is -2.46. The first-order chi connectivity index (χ1) is 11.8. The average molecular weight is 322 g/mol. The van der Waals surface area contributed by atoms with E-state index in [0.717, 1.165) is 31.5 Å². The molecule has 1 aliphatic heterocycles. The Morgan fingerprint density at radius 3 is 2.46 bits per heavy atom. The maximum atomic E-state index is 12.6. The predicted octanol–water partition coefficient (Wildman–Crippen LogP) is 3.42. The number of hydrogen-bond acceptors (Lipinski definition) is 2. The van der Waals surface area contributed by atoms with Crippen LogP contribution in [0.15, 0.2) is 60.7 Å². The molecule has 1 aliphatic rings. The summed E-state index contributed by atoms with van der Waals surface area (Å²) in [5.74, 6) is 0.550. The molecule has 0 saturated carbocycles. The van der Waals surface area contributed by atoms with Gasteiger partial charge in [-0.25, -0.2) is 0 Å². The van der Waals surface area contributed by atoms with Gasteiger partial charge in [-0.2, -0.15) is 0 Å². The summed E-state index contributed by atoms with van der Waals surface area (Å²) < 4.78 is 0. The van der Waals surface area contributed by atoms with Crippen molar-refractivity contribution in [2.45, 2.75) is 31.7 Å². The van der Waals surface area contributed by atoms with Crippen LogP contribution >= 0.6 is 0 Å². The Morgan fingerprint density at radius 1 is 1.08 bits per heavy atom. The monoisotopic (exact) mass is 322 g/mol. The van der Waals surface area contributed by atoms with Crippen molar-refractivity contribution in [1.29, 1.82) is 0 Å². The van der Waals surface area contributed by atoms with Crippen LogP contribution < -0.4 is 10.6 Å². The third-order valence-corrected chi connectivity index (χ3v) is 4.84. The molecule has 2 aromatic carbocycles. The molecule has 0 aliphatic carbocycles. The SMILES string of the molecule is O=C(NC(CCc1ccccc1)C1CCCNC1)c1ccccc1. The Labute approximate surface area is 144 Å². The molecule has 3 nitrogen and oxygen atoms in total. The summed E-state index contributed by atoms with van der Waals surface area (Å²) in [6, 6.07) is 20.3. The van der Waals surface area contributed by atoms with E-state index in [-0.39, 0.29) is 11.9 Å². The van der Waals surface area contributed by atoms with Crippen LogP contribution in [-0.4, -0.2) is 25.0 Å². The highest BCUT2D eigenvalue weighted by atomic mass is 16.1. The standard InChI is InChI=1S/C21H26N2O/c24-21(18-10-5-2-6-11-18)23-20(19-12-7-15-22-16-19)14-13-17-8-3-1-4-9-17/h1-6,8-11,19-20,22H,7,12-16H2,(H,23,24). The van der Waals surface area contributed by atoms with Crippen molar-refractivity contribution in [3.8, 4) is 0 Å². The zero-order valence-corrected chi connectivity index (χ0v) is 14.1. The third kappa shape index (κ3) is 4.68. The largest absolute Gasteiger partial charge is 0.349 e. The smallest absolute Gasteiger partial charge is 0.251 e. The number of piperidine rings is 1. The Hall–Kier alpha value is -2.13. The summed E-state index contributed by atoms with van der Waals surface area (Å²) in [5.41, 5.74) is 2.08. The normalized spacial score (nSPS) is 18.8. The van der Waals surface area contributed by atoms with E-state index < -0.39 is 0 Å². The quantitative estimate of drug-likeness (QED) is 0.855. The molecule has 1 saturated heterocycles. The van der Waals surface area contributed by atoms with Crippen molar-refractivity contribution in [3.05, 3.63) is 71.8 Å². The van der Waals surface area contributed by atoms with Gasteiger partial charge in [0.15, 0.2) is 0 Å². The van der Waals surface area contributed by atoms with E-state index in [1.807, 2.05) is 36.4 Å². The molecule has 126 valence electrons. The van der Waals surface area contributed by atoms with Crippen molar-refractivity contribution >= 4 is 5.91 Å². The van der Waals surface area contributed by atoms with E-state index in [1.165, 1.54) is 18.4 Å². The highest BCUT2D eigenvalue weighted by Gasteiger charge is 2.25. The first-order valence-electron chi connectivity index (χ1n) is 8.93. The fraction of sp³-hybridized carbons (Fsp3) is 0.381. The van der Waals surface area contributed by atoms with Gasteiger partial charge in [0.25, 0.3) is 5.91 Å². The molecule has 2 unspecified atom stereocenters. The summed E-state index contributed by atoms with van der Waals surface area (Å²) in [5, 5.41) is 6.77. The Kier molecular flexibility index (Phi) is 6.02. The fourth-order valence-corrected chi connectivity index (χ4v) is 3.46. The molecule has 0 aromatic heterocycles. The van der Waals surface area contributed by atoms with Gasteiger partial charge < -0.3 is 10.6 Å². The molecule has 0 bridgehead atoms.